The molecule has 0 N–H and O–H groups in total. The smallest absolute Gasteiger partial charge is 0.324 e. The van der Waals surface area contributed by atoms with Crippen molar-refractivity contribution in [2.45, 2.75) is 31.6 Å². The monoisotopic (exact) mass is 321 g/mol. The first-order valence-corrected chi connectivity index (χ1v) is 8.87. The Bertz CT molecular complexity index is 708. The molecule has 2 aromatic rings. The van der Waals surface area contributed by atoms with E-state index in [2.05, 4.69) is 35.3 Å². The largest absolute Gasteiger partial charge is 0.324 e. The van der Waals surface area contributed by atoms with Gasteiger partial charge in [-0.05, 0) is 60.9 Å². The zero-order valence-corrected chi connectivity index (χ0v) is 13.9. The molecule has 124 valence electrons. The van der Waals surface area contributed by atoms with Gasteiger partial charge in [0.2, 0.25) is 0 Å². The summed E-state index contributed by atoms with van der Waals surface area (Å²) in [5.74, 6) is 0.547. The molecule has 1 saturated heterocycles. The summed E-state index contributed by atoms with van der Waals surface area (Å²) in [4.78, 5) is 21.1. The molecule has 4 heteroatoms. The fourth-order valence-electron chi connectivity index (χ4n) is 3.94. The molecule has 4 rings (SSSR count). The molecule has 0 saturated carbocycles. The number of nitrogens with zero attached hydrogens (tertiary/aromatic N) is 3. The van der Waals surface area contributed by atoms with Gasteiger partial charge in [0.15, 0.2) is 0 Å². The van der Waals surface area contributed by atoms with Gasteiger partial charge in [0.25, 0.3) is 0 Å². The fourth-order valence-corrected chi connectivity index (χ4v) is 3.94. The van der Waals surface area contributed by atoms with Crippen molar-refractivity contribution >= 4 is 11.7 Å². The predicted molar refractivity (Wildman–Crippen MR) is 95.3 cm³/mol. The molecule has 0 unspecified atom stereocenters. The number of amides is 2. The quantitative estimate of drug-likeness (QED) is 0.800. The number of anilines is 1. The number of aromatic nitrogens is 1. The zero-order valence-electron chi connectivity index (χ0n) is 13.9. The molecule has 1 aromatic heterocycles. The van der Waals surface area contributed by atoms with Crippen LogP contribution in [-0.4, -0.2) is 35.5 Å². The van der Waals surface area contributed by atoms with Gasteiger partial charge in [0.1, 0.15) is 0 Å². The second kappa shape index (κ2) is 6.63. The van der Waals surface area contributed by atoms with Crippen LogP contribution < -0.4 is 4.90 Å². The molecule has 3 heterocycles. The minimum Gasteiger partial charge on any atom is -0.324 e. The Labute approximate surface area is 143 Å². The minimum absolute atomic E-state index is 0.176. The molecule has 1 fully saturated rings. The lowest BCUT2D eigenvalue weighted by atomic mass is 9.90. The van der Waals surface area contributed by atoms with E-state index in [0.29, 0.717) is 5.92 Å². The first kappa shape index (κ1) is 15.2. The highest BCUT2D eigenvalue weighted by molar-refractivity contribution is 5.93. The molecule has 0 bridgehead atoms. The van der Waals surface area contributed by atoms with Crippen molar-refractivity contribution in [2.24, 2.45) is 0 Å². The Hall–Kier alpha value is -2.36. The highest BCUT2D eigenvalue weighted by atomic mass is 16.2. The van der Waals surface area contributed by atoms with Crippen LogP contribution >= 0.6 is 0 Å². The van der Waals surface area contributed by atoms with E-state index >= 15 is 0 Å². The van der Waals surface area contributed by atoms with Gasteiger partial charge in [0, 0.05) is 37.7 Å². The van der Waals surface area contributed by atoms with Crippen LogP contribution in [0, 0.1) is 0 Å². The predicted octanol–water partition coefficient (Wildman–Crippen LogP) is 3.83. The van der Waals surface area contributed by atoms with Gasteiger partial charge in [-0.3, -0.25) is 9.88 Å². The number of carbonyl (C=O) groups is 1. The molecular weight excluding hydrogens is 298 g/mol. The summed E-state index contributed by atoms with van der Waals surface area (Å²) in [5, 5.41) is 0. The van der Waals surface area contributed by atoms with E-state index in [1.54, 1.807) is 0 Å². The molecular formula is C20H23N3O. The van der Waals surface area contributed by atoms with Crippen molar-refractivity contribution in [3.63, 3.8) is 0 Å². The number of para-hydroxylation sites is 1. The Morgan fingerprint density at radius 1 is 1.00 bits per heavy atom. The van der Waals surface area contributed by atoms with Crippen molar-refractivity contribution in [2.75, 3.05) is 24.5 Å². The second-order valence-electron chi connectivity index (χ2n) is 6.71. The molecule has 2 aliphatic rings. The SMILES string of the molecule is O=C(N1CCC(c2ccncc2)CC1)N1CCCc2ccccc21. The van der Waals surface area contributed by atoms with Crippen molar-refractivity contribution in [3.8, 4) is 0 Å². The number of hydrogen-bond donors (Lipinski definition) is 0. The fraction of sp³-hybridized carbons (Fsp3) is 0.400. The molecule has 1 aromatic carbocycles. The van der Waals surface area contributed by atoms with Crippen LogP contribution in [0.1, 0.15) is 36.3 Å². The number of carbonyl (C=O) groups excluding carboxylic acids is 1. The van der Waals surface area contributed by atoms with E-state index in [4.69, 9.17) is 0 Å². The van der Waals surface area contributed by atoms with Crippen LogP contribution in [0.5, 0.6) is 0 Å². The number of piperidine rings is 1. The third-order valence-electron chi connectivity index (χ3n) is 5.28. The van der Waals surface area contributed by atoms with Gasteiger partial charge in [0.05, 0.1) is 0 Å². The number of likely N-dealkylation sites (tertiary alicyclic amines) is 1. The molecule has 0 spiro atoms. The van der Waals surface area contributed by atoms with E-state index in [0.717, 1.165) is 51.0 Å². The van der Waals surface area contributed by atoms with Gasteiger partial charge in [-0.15, -0.1) is 0 Å². The molecule has 0 aliphatic carbocycles. The summed E-state index contributed by atoms with van der Waals surface area (Å²) >= 11 is 0. The lowest BCUT2D eigenvalue weighted by Crippen LogP contribution is -2.48. The summed E-state index contributed by atoms with van der Waals surface area (Å²) in [6.45, 7) is 2.51. The third-order valence-corrected chi connectivity index (χ3v) is 5.28. The van der Waals surface area contributed by atoms with Crippen LogP contribution in [0.3, 0.4) is 0 Å². The summed E-state index contributed by atoms with van der Waals surface area (Å²) in [6.07, 6.45) is 7.91. The molecule has 2 amide bonds. The summed E-state index contributed by atoms with van der Waals surface area (Å²) in [7, 11) is 0. The summed E-state index contributed by atoms with van der Waals surface area (Å²) in [6, 6.07) is 12.7. The maximum atomic E-state index is 13.0. The van der Waals surface area contributed by atoms with Crippen molar-refractivity contribution in [3.05, 3.63) is 59.9 Å². The summed E-state index contributed by atoms with van der Waals surface area (Å²) in [5.41, 5.74) is 3.74. The minimum atomic E-state index is 0.176. The van der Waals surface area contributed by atoms with E-state index in [9.17, 15) is 4.79 Å². The van der Waals surface area contributed by atoms with Crippen LogP contribution in [0.25, 0.3) is 0 Å². The van der Waals surface area contributed by atoms with E-state index < -0.39 is 0 Å². The second-order valence-corrected chi connectivity index (χ2v) is 6.71. The topological polar surface area (TPSA) is 36.4 Å². The van der Waals surface area contributed by atoms with E-state index in [-0.39, 0.29) is 6.03 Å². The van der Waals surface area contributed by atoms with Gasteiger partial charge >= 0.3 is 6.03 Å². The number of hydrogen-bond acceptors (Lipinski definition) is 2. The zero-order chi connectivity index (χ0) is 16.4. The molecule has 0 atom stereocenters. The Kier molecular flexibility index (Phi) is 4.20. The van der Waals surface area contributed by atoms with Crippen LogP contribution in [0.15, 0.2) is 48.8 Å². The van der Waals surface area contributed by atoms with Crippen LogP contribution in [-0.2, 0) is 6.42 Å². The number of fused-ring (bicyclic) bond motifs is 1. The van der Waals surface area contributed by atoms with E-state index in [1.807, 2.05) is 28.3 Å². The Morgan fingerprint density at radius 2 is 1.75 bits per heavy atom. The number of benzene rings is 1. The maximum Gasteiger partial charge on any atom is 0.324 e. The van der Waals surface area contributed by atoms with E-state index in [1.165, 1.54) is 11.1 Å². The molecule has 2 aliphatic heterocycles. The van der Waals surface area contributed by atoms with Gasteiger partial charge in [-0.1, -0.05) is 18.2 Å². The third kappa shape index (κ3) is 2.88. The lowest BCUT2D eigenvalue weighted by Gasteiger charge is -2.38. The standard InChI is InChI=1S/C20H23N3O/c24-20(23-13-3-5-18-4-1-2-6-19(18)23)22-14-9-17(10-15-22)16-7-11-21-12-8-16/h1-2,4,6-8,11-12,17H,3,5,9-10,13-15H2. The van der Waals surface area contributed by atoms with Gasteiger partial charge < -0.3 is 4.90 Å². The van der Waals surface area contributed by atoms with Crippen molar-refractivity contribution in [1.29, 1.82) is 0 Å². The average Bonchev–Trinajstić information content (AvgIpc) is 2.68. The van der Waals surface area contributed by atoms with Gasteiger partial charge in [-0.2, -0.15) is 0 Å². The maximum absolute atomic E-state index is 13.0. The Morgan fingerprint density at radius 3 is 2.54 bits per heavy atom. The molecule has 0 radical (unpaired) electrons. The Balaban J connectivity index is 1.44. The first-order chi connectivity index (χ1) is 11.8. The lowest BCUT2D eigenvalue weighted by molar-refractivity contribution is 0.187. The highest BCUT2D eigenvalue weighted by Crippen LogP contribution is 2.31. The van der Waals surface area contributed by atoms with Crippen molar-refractivity contribution in [1.82, 2.24) is 9.88 Å². The number of rotatable bonds is 1. The van der Waals surface area contributed by atoms with Crippen LogP contribution in [0.4, 0.5) is 10.5 Å². The van der Waals surface area contributed by atoms with Crippen LogP contribution in [0.2, 0.25) is 0 Å². The number of aryl methyl sites for hydroxylation is 1. The number of urea groups is 1. The van der Waals surface area contributed by atoms with Gasteiger partial charge in [-0.25, -0.2) is 4.79 Å². The summed E-state index contributed by atoms with van der Waals surface area (Å²) < 4.78 is 0. The highest BCUT2D eigenvalue weighted by Gasteiger charge is 2.29. The first-order valence-electron chi connectivity index (χ1n) is 8.87. The van der Waals surface area contributed by atoms with Crippen molar-refractivity contribution < 1.29 is 4.79 Å². The normalized spacial score (nSPS) is 18.3. The number of pyridine rings is 1. The molecule has 24 heavy (non-hydrogen) atoms. The average molecular weight is 321 g/mol. The molecule has 4 nitrogen and oxygen atoms in total.